The normalized spacial score (nSPS) is 29.9. The maximum Gasteiger partial charge on any atom is 0.0621 e. The molecule has 1 fully saturated rings. The van der Waals surface area contributed by atoms with Gasteiger partial charge in [0.05, 0.1) is 6.10 Å². The Labute approximate surface area is 84.5 Å². The minimum absolute atomic E-state index is 0.0204. The first-order valence-corrected chi connectivity index (χ1v) is 5.14. The molecular formula is C11H18N2O. The quantitative estimate of drug-likeness (QED) is 0.678. The van der Waals surface area contributed by atoms with Crippen LogP contribution in [0.15, 0.2) is 18.3 Å². The van der Waals surface area contributed by atoms with Crippen LogP contribution in [0.3, 0.4) is 0 Å². The molecule has 0 bridgehead atoms. The summed E-state index contributed by atoms with van der Waals surface area (Å²) >= 11 is 0. The van der Waals surface area contributed by atoms with Gasteiger partial charge < -0.3 is 15.4 Å². The molecule has 1 heterocycles. The number of aliphatic hydroxyl groups is 1. The van der Waals surface area contributed by atoms with Crippen LogP contribution in [0.5, 0.6) is 0 Å². The Morgan fingerprint density at radius 2 is 2.43 bits per heavy atom. The highest BCUT2D eigenvalue weighted by molar-refractivity contribution is 5.06. The Bertz CT molecular complexity index is 292. The topological polar surface area (TPSA) is 48.0 Å². The number of aliphatic hydroxyl groups excluding tert-OH is 1. The number of aromatic nitrogens is 1. The van der Waals surface area contributed by atoms with Crippen molar-refractivity contribution in [1.29, 1.82) is 0 Å². The highest BCUT2D eigenvalue weighted by Gasteiger charge is 2.46. The third kappa shape index (κ3) is 1.57. The van der Waals surface area contributed by atoms with E-state index in [2.05, 4.69) is 30.2 Å². The minimum atomic E-state index is -0.149. The molecule has 1 aromatic heterocycles. The van der Waals surface area contributed by atoms with Crippen molar-refractivity contribution in [3.8, 4) is 0 Å². The molecular weight excluding hydrogens is 176 g/mol. The van der Waals surface area contributed by atoms with Crippen LogP contribution in [-0.4, -0.2) is 22.2 Å². The van der Waals surface area contributed by atoms with Crippen LogP contribution in [0.25, 0.3) is 0 Å². The molecule has 2 rings (SSSR count). The summed E-state index contributed by atoms with van der Waals surface area (Å²) in [7, 11) is 0. The number of H-pyrrole nitrogens is 1. The van der Waals surface area contributed by atoms with Gasteiger partial charge in [-0.1, -0.05) is 13.8 Å². The average Bonchev–Trinajstić information content (AvgIpc) is 2.64. The van der Waals surface area contributed by atoms with E-state index in [-0.39, 0.29) is 11.5 Å². The molecule has 2 atom stereocenters. The lowest BCUT2D eigenvalue weighted by atomic mass is 9.64. The van der Waals surface area contributed by atoms with Crippen LogP contribution < -0.4 is 5.32 Å². The van der Waals surface area contributed by atoms with Crippen molar-refractivity contribution in [2.24, 2.45) is 5.41 Å². The van der Waals surface area contributed by atoms with Crippen molar-refractivity contribution in [3.63, 3.8) is 0 Å². The van der Waals surface area contributed by atoms with E-state index in [1.165, 1.54) is 5.69 Å². The van der Waals surface area contributed by atoms with Gasteiger partial charge in [-0.05, 0) is 18.6 Å². The maximum absolute atomic E-state index is 9.56. The molecule has 0 aromatic carbocycles. The van der Waals surface area contributed by atoms with E-state index in [0.717, 1.165) is 13.0 Å². The van der Waals surface area contributed by atoms with Gasteiger partial charge in [0.2, 0.25) is 0 Å². The molecule has 0 spiro atoms. The molecule has 3 heteroatoms. The molecule has 1 aliphatic rings. The first kappa shape index (κ1) is 9.74. The number of hydrogen-bond donors (Lipinski definition) is 3. The highest BCUT2D eigenvalue weighted by atomic mass is 16.3. The van der Waals surface area contributed by atoms with Crippen molar-refractivity contribution < 1.29 is 5.11 Å². The van der Waals surface area contributed by atoms with E-state index in [9.17, 15) is 5.11 Å². The number of hydrogen-bond acceptors (Lipinski definition) is 2. The first-order valence-electron chi connectivity index (χ1n) is 5.14. The molecule has 78 valence electrons. The van der Waals surface area contributed by atoms with Gasteiger partial charge in [-0.15, -0.1) is 0 Å². The maximum atomic E-state index is 9.56. The van der Waals surface area contributed by atoms with Gasteiger partial charge in [0.1, 0.15) is 0 Å². The monoisotopic (exact) mass is 194 g/mol. The predicted octanol–water partition coefficient (Wildman–Crippen LogP) is 1.26. The summed E-state index contributed by atoms with van der Waals surface area (Å²) in [6, 6.07) is 4.49. The van der Waals surface area contributed by atoms with Gasteiger partial charge in [0.15, 0.2) is 0 Å². The van der Waals surface area contributed by atoms with Gasteiger partial charge in [0.25, 0.3) is 0 Å². The Morgan fingerprint density at radius 1 is 1.64 bits per heavy atom. The Balaban J connectivity index is 1.83. The summed E-state index contributed by atoms with van der Waals surface area (Å²) in [5.41, 5.74) is 1.22. The third-order valence-electron chi connectivity index (χ3n) is 3.42. The van der Waals surface area contributed by atoms with Crippen LogP contribution in [0, 0.1) is 5.41 Å². The summed E-state index contributed by atoms with van der Waals surface area (Å²) < 4.78 is 0. The summed E-state index contributed by atoms with van der Waals surface area (Å²) in [6.07, 6.45) is 2.65. The SMILES string of the molecule is CC1(C)C(O)CC1NCc1ccc[nH]1. The van der Waals surface area contributed by atoms with Crippen molar-refractivity contribution in [2.75, 3.05) is 0 Å². The van der Waals surface area contributed by atoms with E-state index < -0.39 is 0 Å². The molecule has 1 aliphatic carbocycles. The number of nitrogens with one attached hydrogen (secondary N) is 2. The molecule has 14 heavy (non-hydrogen) atoms. The van der Waals surface area contributed by atoms with Crippen molar-refractivity contribution in [1.82, 2.24) is 10.3 Å². The Kier molecular flexibility index (Phi) is 2.37. The standard InChI is InChI=1S/C11H18N2O/c1-11(2)9(6-10(11)14)13-7-8-4-3-5-12-8/h3-5,9-10,12-14H,6-7H2,1-2H3. The van der Waals surface area contributed by atoms with E-state index in [4.69, 9.17) is 0 Å². The Hall–Kier alpha value is -0.800. The van der Waals surface area contributed by atoms with E-state index in [0.29, 0.717) is 6.04 Å². The van der Waals surface area contributed by atoms with Gasteiger partial charge >= 0.3 is 0 Å². The molecule has 3 nitrogen and oxygen atoms in total. The van der Waals surface area contributed by atoms with Crippen LogP contribution in [0.2, 0.25) is 0 Å². The molecule has 3 N–H and O–H groups in total. The average molecular weight is 194 g/mol. The van der Waals surface area contributed by atoms with Crippen LogP contribution in [0.1, 0.15) is 26.0 Å². The summed E-state index contributed by atoms with van der Waals surface area (Å²) in [4.78, 5) is 3.15. The highest BCUT2D eigenvalue weighted by Crippen LogP contribution is 2.40. The van der Waals surface area contributed by atoms with Crippen LogP contribution in [-0.2, 0) is 6.54 Å². The van der Waals surface area contributed by atoms with Gasteiger partial charge in [-0.3, -0.25) is 0 Å². The lowest BCUT2D eigenvalue weighted by Crippen LogP contribution is -2.59. The zero-order chi connectivity index (χ0) is 10.2. The second-order valence-electron chi connectivity index (χ2n) is 4.70. The van der Waals surface area contributed by atoms with Crippen molar-refractivity contribution >= 4 is 0 Å². The number of aromatic amines is 1. The van der Waals surface area contributed by atoms with E-state index in [1.807, 2.05) is 12.3 Å². The molecule has 0 aliphatic heterocycles. The van der Waals surface area contributed by atoms with Gasteiger partial charge in [-0.2, -0.15) is 0 Å². The summed E-state index contributed by atoms with van der Waals surface area (Å²) in [6.45, 7) is 5.06. The third-order valence-corrected chi connectivity index (χ3v) is 3.42. The molecule has 0 saturated heterocycles. The van der Waals surface area contributed by atoms with Gasteiger partial charge in [-0.25, -0.2) is 0 Å². The Morgan fingerprint density at radius 3 is 2.93 bits per heavy atom. The van der Waals surface area contributed by atoms with Crippen molar-refractivity contribution in [2.45, 2.75) is 39.0 Å². The van der Waals surface area contributed by atoms with E-state index in [1.54, 1.807) is 0 Å². The molecule has 1 saturated carbocycles. The zero-order valence-electron chi connectivity index (χ0n) is 8.75. The first-order chi connectivity index (χ1) is 6.60. The second kappa shape index (κ2) is 3.41. The largest absolute Gasteiger partial charge is 0.392 e. The molecule has 1 aromatic rings. The molecule has 0 radical (unpaired) electrons. The van der Waals surface area contributed by atoms with Crippen LogP contribution >= 0.6 is 0 Å². The molecule has 2 unspecified atom stereocenters. The van der Waals surface area contributed by atoms with Gasteiger partial charge in [0, 0.05) is 29.9 Å². The fraction of sp³-hybridized carbons (Fsp3) is 0.636. The fourth-order valence-electron chi connectivity index (χ4n) is 1.96. The molecule has 0 amide bonds. The van der Waals surface area contributed by atoms with E-state index >= 15 is 0 Å². The predicted molar refractivity (Wildman–Crippen MR) is 55.8 cm³/mol. The zero-order valence-corrected chi connectivity index (χ0v) is 8.75. The second-order valence-corrected chi connectivity index (χ2v) is 4.70. The minimum Gasteiger partial charge on any atom is -0.392 e. The fourth-order valence-corrected chi connectivity index (χ4v) is 1.96. The smallest absolute Gasteiger partial charge is 0.0621 e. The summed E-state index contributed by atoms with van der Waals surface area (Å²) in [5.74, 6) is 0. The number of rotatable bonds is 3. The lowest BCUT2D eigenvalue weighted by molar-refractivity contribution is -0.0730. The summed E-state index contributed by atoms with van der Waals surface area (Å²) in [5, 5.41) is 13.0. The van der Waals surface area contributed by atoms with Crippen LogP contribution in [0.4, 0.5) is 0 Å². The lowest BCUT2D eigenvalue weighted by Gasteiger charge is -2.49. The van der Waals surface area contributed by atoms with Crippen molar-refractivity contribution in [3.05, 3.63) is 24.0 Å².